The van der Waals surface area contributed by atoms with E-state index in [1.165, 1.54) is 0 Å². The summed E-state index contributed by atoms with van der Waals surface area (Å²) in [6.45, 7) is 6.99. The van der Waals surface area contributed by atoms with E-state index in [1.54, 1.807) is 0 Å². The highest BCUT2D eigenvalue weighted by Crippen LogP contribution is 2.29. The summed E-state index contributed by atoms with van der Waals surface area (Å²) in [4.78, 5) is 31.7. The van der Waals surface area contributed by atoms with Gasteiger partial charge in [-0.2, -0.15) is 0 Å². The number of carbonyl (C=O) groups is 2. The Balaban J connectivity index is 1.32. The van der Waals surface area contributed by atoms with Crippen LogP contribution in [-0.4, -0.2) is 70.6 Å². The predicted molar refractivity (Wildman–Crippen MR) is 125 cm³/mol. The third kappa shape index (κ3) is 4.92. The first-order chi connectivity index (χ1) is 15.6. The van der Waals surface area contributed by atoms with E-state index in [9.17, 15) is 9.59 Å². The smallest absolute Gasteiger partial charge is 0.242 e. The maximum atomic E-state index is 13.0. The molecule has 0 radical (unpaired) electrons. The van der Waals surface area contributed by atoms with Gasteiger partial charge in [0.2, 0.25) is 11.8 Å². The molecule has 0 bridgehead atoms. The van der Waals surface area contributed by atoms with Crippen molar-refractivity contribution in [1.29, 1.82) is 0 Å². The van der Waals surface area contributed by atoms with Crippen molar-refractivity contribution < 1.29 is 9.59 Å². The van der Waals surface area contributed by atoms with Crippen LogP contribution in [0.5, 0.6) is 0 Å². The van der Waals surface area contributed by atoms with E-state index in [4.69, 9.17) is 0 Å². The first-order valence-electron chi connectivity index (χ1n) is 11.8. The van der Waals surface area contributed by atoms with E-state index in [2.05, 4.69) is 22.0 Å². The van der Waals surface area contributed by atoms with Gasteiger partial charge < -0.3 is 14.7 Å². The average Bonchev–Trinajstić information content (AvgIpc) is 2.81. The number of rotatable bonds is 7. The van der Waals surface area contributed by atoms with Gasteiger partial charge in [-0.3, -0.25) is 9.59 Å². The lowest BCUT2D eigenvalue weighted by molar-refractivity contribution is -0.147. The number of amides is 2. The fraction of sp³-hybridized carbons (Fsp3) is 0.520. The molecular weight excluding hydrogens is 402 g/mol. The Kier molecular flexibility index (Phi) is 7.02. The largest absolute Gasteiger partial charge is 0.352 e. The summed E-state index contributed by atoms with van der Waals surface area (Å²) in [6.07, 6.45) is 3.90. The molecule has 7 heteroatoms. The molecule has 1 aromatic heterocycles. The summed E-state index contributed by atoms with van der Waals surface area (Å²) >= 11 is 0. The lowest BCUT2D eigenvalue weighted by Gasteiger charge is -2.38. The monoisotopic (exact) mass is 435 g/mol. The molecule has 0 N–H and O–H groups in total. The van der Waals surface area contributed by atoms with Crippen molar-refractivity contribution in [3.63, 3.8) is 0 Å². The fourth-order valence-electron chi connectivity index (χ4n) is 4.25. The van der Waals surface area contributed by atoms with Gasteiger partial charge >= 0.3 is 0 Å². The van der Waals surface area contributed by atoms with E-state index < -0.39 is 0 Å². The van der Waals surface area contributed by atoms with Crippen LogP contribution in [-0.2, 0) is 9.59 Å². The molecule has 2 fully saturated rings. The number of benzene rings is 1. The number of hydrogen-bond acceptors (Lipinski definition) is 5. The minimum absolute atomic E-state index is 0.0446. The molecule has 0 spiro atoms. The van der Waals surface area contributed by atoms with Crippen molar-refractivity contribution in [3.05, 3.63) is 42.5 Å². The van der Waals surface area contributed by atoms with Crippen molar-refractivity contribution in [3.8, 4) is 11.3 Å². The zero-order valence-electron chi connectivity index (χ0n) is 19.1. The van der Waals surface area contributed by atoms with E-state index in [0.717, 1.165) is 42.8 Å². The van der Waals surface area contributed by atoms with Crippen molar-refractivity contribution in [1.82, 2.24) is 20.0 Å². The van der Waals surface area contributed by atoms with Gasteiger partial charge in [-0.15, -0.1) is 10.2 Å². The third-order valence-corrected chi connectivity index (χ3v) is 6.84. The van der Waals surface area contributed by atoms with E-state index in [1.807, 2.05) is 59.2 Å². The number of carbonyl (C=O) groups excluding carboxylic acids is 2. The first-order valence-corrected chi connectivity index (χ1v) is 11.8. The molecule has 1 aromatic carbocycles. The normalized spacial score (nSPS) is 17.6. The molecular formula is C25H33N5O2. The summed E-state index contributed by atoms with van der Waals surface area (Å²) in [6, 6.07) is 14.1. The molecule has 1 saturated carbocycles. The van der Waals surface area contributed by atoms with Gasteiger partial charge in [-0.1, -0.05) is 43.7 Å². The molecule has 2 heterocycles. The summed E-state index contributed by atoms with van der Waals surface area (Å²) < 4.78 is 0. The van der Waals surface area contributed by atoms with Crippen LogP contribution in [0.3, 0.4) is 0 Å². The molecule has 1 aliphatic carbocycles. The van der Waals surface area contributed by atoms with Crippen LogP contribution in [0.2, 0.25) is 0 Å². The Hall–Kier alpha value is -2.96. The van der Waals surface area contributed by atoms with Crippen molar-refractivity contribution in [2.45, 2.75) is 45.6 Å². The highest BCUT2D eigenvalue weighted by molar-refractivity contribution is 5.86. The number of hydrogen-bond donors (Lipinski definition) is 0. The van der Waals surface area contributed by atoms with E-state index in [-0.39, 0.29) is 30.3 Å². The molecule has 7 nitrogen and oxygen atoms in total. The van der Waals surface area contributed by atoms with Crippen molar-refractivity contribution in [2.75, 3.05) is 37.6 Å². The van der Waals surface area contributed by atoms with Gasteiger partial charge in [-0.25, -0.2) is 0 Å². The van der Waals surface area contributed by atoms with Crippen LogP contribution < -0.4 is 4.90 Å². The minimum atomic E-state index is 0.0446. The minimum Gasteiger partial charge on any atom is -0.352 e. The quantitative estimate of drug-likeness (QED) is 0.668. The molecule has 1 saturated heterocycles. The molecule has 170 valence electrons. The number of nitrogens with zero attached hydrogens (tertiary/aromatic N) is 5. The van der Waals surface area contributed by atoms with Gasteiger partial charge in [0.15, 0.2) is 5.82 Å². The van der Waals surface area contributed by atoms with Crippen LogP contribution in [0.15, 0.2) is 42.5 Å². The average molecular weight is 436 g/mol. The molecule has 2 aromatic rings. The number of anilines is 1. The maximum Gasteiger partial charge on any atom is 0.242 e. The van der Waals surface area contributed by atoms with Crippen LogP contribution in [0.1, 0.15) is 39.5 Å². The Morgan fingerprint density at radius 1 is 1.03 bits per heavy atom. The lowest BCUT2D eigenvalue weighted by Crippen LogP contribution is -2.54. The van der Waals surface area contributed by atoms with Crippen LogP contribution in [0, 0.1) is 5.92 Å². The predicted octanol–water partition coefficient (Wildman–Crippen LogP) is 3.22. The van der Waals surface area contributed by atoms with Crippen LogP contribution in [0.25, 0.3) is 11.3 Å². The van der Waals surface area contributed by atoms with Gasteiger partial charge in [0, 0.05) is 43.7 Å². The second-order valence-electron chi connectivity index (χ2n) is 8.86. The van der Waals surface area contributed by atoms with E-state index >= 15 is 0 Å². The summed E-state index contributed by atoms with van der Waals surface area (Å²) in [7, 11) is 0. The molecule has 2 aliphatic rings. The Labute approximate surface area is 190 Å². The zero-order valence-corrected chi connectivity index (χ0v) is 19.1. The molecule has 1 atom stereocenters. The zero-order chi connectivity index (χ0) is 22.5. The molecule has 32 heavy (non-hydrogen) atoms. The van der Waals surface area contributed by atoms with Crippen molar-refractivity contribution in [2.24, 2.45) is 5.92 Å². The summed E-state index contributed by atoms with van der Waals surface area (Å²) in [5.74, 6) is 1.15. The first kappa shape index (κ1) is 22.2. The van der Waals surface area contributed by atoms with Crippen LogP contribution >= 0.6 is 0 Å². The van der Waals surface area contributed by atoms with Crippen LogP contribution in [0.4, 0.5) is 5.82 Å². The highest BCUT2D eigenvalue weighted by atomic mass is 16.2. The second-order valence-corrected chi connectivity index (χ2v) is 8.86. The van der Waals surface area contributed by atoms with Crippen molar-refractivity contribution >= 4 is 17.6 Å². The Bertz CT molecular complexity index is 906. The lowest BCUT2D eigenvalue weighted by atomic mass is 9.84. The summed E-state index contributed by atoms with van der Waals surface area (Å²) in [5, 5.41) is 8.79. The van der Waals surface area contributed by atoms with Gasteiger partial charge in [0.05, 0.1) is 12.2 Å². The van der Waals surface area contributed by atoms with E-state index in [0.29, 0.717) is 26.2 Å². The topological polar surface area (TPSA) is 69.6 Å². The SMILES string of the molecule is CCC(C)N(CC(=O)N1CCN(c2ccc(-c3ccccc3)nn2)CC1)C(=O)C1CCC1. The Morgan fingerprint density at radius 2 is 1.75 bits per heavy atom. The number of piperazine rings is 1. The van der Waals surface area contributed by atoms with Gasteiger partial charge in [0.25, 0.3) is 0 Å². The van der Waals surface area contributed by atoms with Gasteiger partial charge in [-0.05, 0) is 38.3 Å². The fourth-order valence-corrected chi connectivity index (χ4v) is 4.25. The summed E-state index contributed by atoms with van der Waals surface area (Å²) in [5.41, 5.74) is 1.90. The number of aromatic nitrogens is 2. The Morgan fingerprint density at radius 3 is 2.31 bits per heavy atom. The second kappa shape index (κ2) is 10.1. The molecule has 1 unspecified atom stereocenters. The van der Waals surface area contributed by atoms with Gasteiger partial charge in [0.1, 0.15) is 0 Å². The molecule has 4 rings (SSSR count). The maximum absolute atomic E-state index is 13.0. The third-order valence-electron chi connectivity index (χ3n) is 6.84. The molecule has 2 amide bonds. The molecule has 1 aliphatic heterocycles. The highest BCUT2D eigenvalue weighted by Gasteiger charge is 2.33. The standard InChI is InChI=1S/C25H33N5O2/c1-3-19(2)30(25(32)21-10-7-11-21)18-24(31)29-16-14-28(15-17-29)23-13-12-22(26-27-23)20-8-5-4-6-9-20/h4-6,8-9,12-13,19,21H,3,7,10-11,14-18H2,1-2H3.